The lowest BCUT2D eigenvalue weighted by molar-refractivity contribution is -0.211. The van der Waals surface area contributed by atoms with Crippen molar-refractivity contribution in [1.29, 1.82) is 0 Å². The van der Waals surface area contributed by atoms with E-state index < -0.39 is 73.7 Å². The Labute approximate surface area is 245 Å². The first-order valence-corrected chi connectivity index (χ1v) is 12.9. The third-order valence-electron chi connectivity index (χ3n) is 6.39. The number of nitrogens with one attached hydrogen (secondary N) is 3. The molecule has 0 saturated heterocycles. The van der Waals surface area contributed by atoms with Crippen molar-refractivity contribution in [2.45, 2.75) is 57.8 Å². The first-order chi connectivity index (χ1) is 19.3. The Bertz CT molecular complexity index is 1360. The fourth-order valence-electron chi connectivity index (χ4n) is 3.75. The summed E-state index contributed by atoms with van der Waals surface area (Å²) >= 11 is 12.4. The second-order valence-corrected chi connectivity index (χ2v) is 10.8. The van der Waals surface area contributed by atoms with Gasteiger partial charge in [-0.1, -0.05) is 29.3 Å². The number of carbonyl (C=O) groups excluding carboxylic acids is 3. The van der Waals surface area contributed by atoms with Gasteiger partial charge in [-0.25, -0.2) is 17.6 Å². The van der Waals surface area contributed by atoms with Gasteiger partial charge < -0.3 is 20.7 Å². The zero-order chi connectivity index (χ0) is 31.6. The van der Waals surface area contributed by atoms with E-state index in [1.165, 1.54) is 18.2 Å². The highest BCUT2D eigenvalue weighted by atomic mass is 35.5. The van der Waals surface area contributed by atoms with Gasteiger partial charge in [-0.3, -0.25) is 14.4 Å². The SMILES string of the molecule is CC(C)(C(=O)NCc1ccc(Cl)c(C(=O)Nc2ccc(OCC(F)F)c(C(=O)NC3CC(F)(F)C3)c2)c1Cl)C(F)(F)F. The van der Waals surface area contributed by atoms with Crippen LogP contribution in [0.25, 0.3) is 0 Å². The van der Waals surface area contributed by atoms with E-state index in [0.717, 1.165) is 12.1 Å². The number of rotatable bonds is 10. The van der Waals surface area contributed by atoms with Crippen molar-refractivity contribution in [3.63, 3.8) is 0 Å². The molecule has 0 aromatic heterocycles. The molecule has 0 radical (unpaired) electrons. The van der Waals surface area contributed by atoms with Crippen LogP contribution in [-0.4, -0.2) is 48.9 Å². The topological polar surface area (TPSA) is 96.5 Å². The van der Waals surface area contributed by atoms with Gasteiger partial charge >= 0.3 is 6.18 Å². The summed E-state index contributed by atoms with van der Waals surface area (Å²) in [6, 6.07) is 5.04. The van der Waals surface area contributed by atoms with Crippen LogP contribution in [0.1, 0.15) is 53.0 Å². The van der Waals surface area contributed by atoms with Gasteiger partial charge in [-0.15, -0.1) is 0 Å². The summed E-state index contributed by atoms with van der Waals surface area (Å²) in [6.07, 6.45) is -8.93. The maximum atomic E-state index is 13.2. The van der Waals surface area contributed by atoms with Gasteiger partial charge in [-0.2, -0.15) is 13.2 Å². The van der Waals surface area contributed by atoms with Crippen LogP contribution in [0.3, 0.4) is 0 Å². The molecule has 1 saturated carbocycles. The number of carbonyl (C=O) groups is 3. The Kier molecular flexibility index (Phi) is 9.92. The predicted molar refractivity (Wildman–Crippen MR) is 139 cm³/mol. The number of amides is 3. The summed E-state index contributed by atoms with van der Waals surface area (Å²) in [7, 11) is 0. The van der Waals surface area contributed by atoms with Crippen LogP contribution in [-0.2, 0) is 11.3 Å². The summed E-state index contributed by atoms with van der Waals surface area (Å²) in [5, 5.41) is 6.43. The summed E-state index contributed by atoms with van der Waals surface area (Å²) in [5.41, 5.74) is -3.36. The van der Waals surface area contributed by atoms with Crippen LogP contribution in [0.4, 0.5) is 36.4 Å². The van der Waals surface area contributed by atoms with E-state index >= 15 is 0 Å². The van der Waals surface area contributed by atoms with Gasteiger partial charge in [0.2, 0.25) is 5.91 Å². The average molecular weight is 646 g/mol. The molecule has 0 heterocycles. The molecule has 2 aromatic carbocycles. The van der Waals surface area contributed by atoms with Crippen molar-refractivity contribution in [1.82, 2.24) is 10.6 Å². The molecule has 7 nitrogen and oxygen atoms in total. The molecule has 1 aliphatic carbocycles. The molecule has 1 fully saturated rings. The molecule has 0 atom stereocenters. The van der Waals surface area contributed by atoms with Crippen molar-refractivity contribution in [2.75, 3.05) is 11.9 Å². The lowest BCUT2D eigenvalue weighted by Crippen LogP contribution is -2.50. The first-order valence-electron chi connectivity index (χ1n) is 12.2. The van der Waals surface area contributed by atoms with Crippen molar-refractivity contribution < 1.29 is 49.9 Å². The Morgan fingerprint density at radius 3 is 2.26 bits per heavy atom. The maximum Gasteiger partial charge on any atom is 0.402 e. The second-order valence-electron chi connectivity index (χ2n) is 10.0. The Hall–Kier alpha value is -3.26. The summed E-state index contributed by atoms with van der Waals surface area (Å²) < 4.78 is 96.2. The minimum atomic E-state index is -4.83. The average Bonchev–Trinajstić information content (AvgIpc) is 2.85. The van der Waals surface area contributed by atoms with Crippen LogP contribution in [0.15, 0.2) is 30.3 Å². The number of ether oxygens (including phenoxy) is 1. The van der Waals surface area contributed by atoms with Crippen molar-refractivity contribution in [3.8, 4) is 5.75 Å². The van der Waals surface area contributed by atoms with Crippen LogP contribution >= 0.6 is 23.2 Å². The van der Waals surface area contributed by atoms with E-state index in [0.29, 0.717) is 13.8 Å². The summed E-state index contributed by atoms with van der Waals surface area (Å²) in [4.78, 5) is 38.0. The van der Waals surface area contributed by atoms with E-state index in [1.807, 2.05) is 0 Å². The Morgan fingerprint density at radius 1 is 1.05 bits per heavy atom. The third kappa shape index (κ3) is 7.77. The maximum absolute atomic E-state index is 13.2. The molecule has 0 aliphatic heterocycles. The van der Waals surface area contributed by atoms with Gasteiger partial charge in [-0.05, 0) is 43.7 Å². The summed E-state index contributed by atoms with van der Waals surface area (Å²) in [6.45, 7) is -0.146. The molecule has 1 aliphatic rings. The zero-order valence-corrected chi connectivity index (χ0v) is 23.4. The fraction of sp³-hybridized carbons (Fsp3) is 0.423. The third-order valence-corrected chi connectivity index (χ3v) is 7.13. The second kappa shape index (κ2) is 12.5. The van der Waals surface area contributed by atoms with Crippen LogP contribution < -0.4 is 20.7 Å². The molecule has 3 N–H and O–H groups in total. The van der Waals surface area contributed by atoms with Gasteiger partial charge in [0, 0.05) is 31.1 Å². The van der Waals surface area contributed by atoms with Crippen LogP contribution in [0, 0.1) is 5.41 Å². The van der Waals surface area contributed by atoms with E-state index in [9.17, 15) is 45.1 Å². The van der Waals surface area contributed by atoms with E-state index in [-0.39, 0.29) is 38.2 Å². The van der Waals surface area contributed by atoms with Gasteiger partial charge in [0.25, 0.3) is 24.2 Å². The van der Waals surface area contributed by atoms with Crippen molar-refractivity contribution in [3.05, 3.63) is 57.1 Å². The molecule has 0 unspecified atom stereocenters. The molecular weight excluding hydrogens is 622 g/mol. The molecule has 3 rings (SSSR count). The molecular formula is C26H24Cl2F7N3O4. The molecule has 16 heteroatoms. The standard InChI is InChI=1S/C26H24Cl2F7N3O4/c1-24(2,26(33,34)35)23(41)36-10-12-3-5-16(27)19(20(12)28)22(40)37-13-4-6-17(42-11-18(29)30)15(7-13)21(39)38-14-8-25(31,32)9-14/h3-7,14,18H,8-11H2,1-2H3,(H,36,41)(H,37,40)(H,38,39). The monoisotopic (exact) mass is 645 g/mol. The molecule has 3 amide bonds. The van der Waals surface area contributed by atoms with E-state index in [1.54, 1.807) is 0 Å². The molecule has 2 aromatic rings. The smallest absolute Gasteiger partial charge is 0.402 e. The number of hydrogen-bond donors (Lipinski definition) is 3. The van der Waals surface area contributed by atoms with Crippen LogP contribution in [0.5, 0.6) is 5.75 Å². The fourth-order valence-corrected chi connectivity index (χ4v) is 4.36. The molecule has 230 valence electrons. The molecule has 42 heavy (non-hydrogen) atoms. The van der Waals surface area contributed by atoms with Gasteiger partial charge in [0.1, 0.15) is 17.8 Å². The summed E-state index contributed by atoms with van der Waals surface area (Å²) in [5.74, 6) is -6.41. The largest absolute Gasteiger partial charge is 0.487 e. The zero-order valence-electron chi connectivity index (χ0n) is 21.9. The first kappa shape index (κ1) is 33.2. The highest BCUT2D eigenvalue weighted by Crippen LogP contribution is 2.39. The van der Waals surface area contributed by atoms with E-state index in [4.69, 9.17) is 27.9 Å². The highest BCUT2D eigenvalue weighted by Gasteiger charge is 2.52. The number of hydrogen-bond acceptors (Lipinski definition) is 4. The van der Waals surface area contributed by atoms with Crippen molar-refractivity contribution >= 4 is 46.6 Å². The molecule has 0 bridgehead atoms. The Balaban J connectivity index is 1.81. The van der Waals surface area contributed by atoms with Crippen LogP contribution in [0.2, 0.25) is 10.0 Å². The normalized spacial score (nSPS) is 15.1. The van der Waals surface area contributed by atoms with Crippen molar-refractivity contribution in [2.24, 2.45) is 5.41 Å². The number of alkyl halides is 7. The van der Waals surface area contributed by atoms with Gasteiger partial charge in [0.15, 0.2) is 0 Å². The molecule has 0 spiro atoms. The number of anilines is 1. The Morgan fingerprint density at radius 2 is 1.69 bits per heavy atom. The minimum Gasteiger partial charge on any atom is -0.487 e. The lowest BCUT2D eigenvalue weighted by Gasteiger charge is -2.35. The number of halogens is 9. The highest BCUT2D eigenvalue weighted by molar-refractivity contribution is 6.40. The van der Waals surface area contributed by atoms with E-state index in [2.05, 4.69) is 16.0 Å². The van der Waals surface area contributed by atoms with Gasteiger partial charge in [0.05, 0.1) is 21.2 Å². The lowest BCUT2D eigenvalue weighted by atomic mass is 9.88. The predicted octanol–water partition coefficient (Wildman–Crippen LogP) is 6.62. The minimum absolute atomic E-state index is 0.0608. The number of benzene rings is 2. The quantitative estimate of drug-likeness (QED) is 0.253.